The van der Waals surface area contributed by atoms with Crippen molar-refractivity contribution < 1.29 is 4.42 Å². The van der Waals surface area contributed by atoms with E-state index in [1.807, 2.05) is 18.2 Å². The molecule has 8 aromatic rings. The van der Waals surface area contributed by atoms with Crippen molar-refractivity contribution in [3.63, 3.8) is 0 Å². The van der Waals surface area contributed by atoms with Crippen molar-refractivity contribution in [2.75, 3.05) is 0 Å². The first-order chi connectivity index (χ1) is 17.7. The summed E-state index contributed by atoms with van der Waals surface area (Å²) in [6.45, 7) is 0. The molecule has 0 saturated heterocycles. The van der Waals surface area contributed by atoms with Gasteiger partial charge in [-0.1, -0.05) is 90.5 Å². The van der Waals surface area contributed by atoms with E-state index < -0.39 is 0 Å². The van der Waals surface area contributed by atoms with E-state index in [1.54, 1.807) is 0 Å². The van der Waals surface area contributed by atoms with Crippen molar-refractivity contribution in [1.82, 2.24) is 0 Å². The third kappa shape index (κ3) is 2.84. The van der Waals surface area contributed by atoms with Crippen LogP contribution in [0.15, 0.2) is 120 Å². The summed E-state index contributed by atoms with van der Waals surface area (Å²) in [5.74, 6) is 0. The topological polar surface area (TPSA) is 13.1 Å². The molecule has 0 aliphatic heterocycles. The summed E-state index contributed by atoms with van der Waals surface area (Å²) >= 11 is 6.28. The minimum atomic E-state index is 0.716. The van der Waals surface area contributed by atoms with Crippen LogP contribution in [-0.2, 0) is 0 Å². The predicted molar refractivity (Wildman–Crippen MR) is 154 cm³/mol. The Bertz CT molecular complexity index is 2160. The number of furan rings is 1. The lowest BCUT2D eigenvalue weighted by Gasteiger charge is -2.12. The molecular weight excluding hydrogens is 460 g/mol. The molecule has 1 nitrogen and oxygen atoms in total. The van der Waals surface area contributed by atoms with Crippen LogP contribution in [0.1, 0.15) is 0 Å². The second-order valence-corrected chi connectivity index (χ2v) is 9.94. The van der Waals surface area contributed by atoms with Crippen LogP contribution in [-0.4, -0.2) is 0 Å². The van der Waals surface area contributed by atoms with Crippen LogP contribution < -0.4 is 0 Å². The van der Waals surface area contributed by atoms with E-state index >= 15 is 0 Å². The lowest BCUT2D eigenvalue weighted by molar-refractivity contribution is 0.669. The normalized spacial score (nSPS) is 12.0. The number of halogens is 1. The van der Waals surface area contributed by atoms with E-state index in [9.17, 15) is 0 Å². The van der Waals surface area contributed by atoms with Crippen molar-refractivity contribution in [1.29, 1.82) is 0 Å². The molecule has 0 radical (unpaired) electrons. The SMILES string of the molecule is Clc1ccc2oc3ccc(-c4ccc5c(ccc6ccc7ccc8ccccc8c7c65)c4)cc3c2c1. The molecule has 1 heterocycles. The molecule has 0 fully saturated rings. The zero-order chi connectivity index (χ0) is 23.8. The Morgan fingerprint density at radius 2 is 1.00 bits per heavy atom. The molecule has 0 unspecified atom stereocenters. The summed E-state index contributed by atoms with van der Waals surface area (Å²) in [6.07, 6.45) is 0. The largest absolute Gasteiger partial charge is 0.456 e. The van der Waals surface area contributed by atoms with Crippen LogP contribution in [0.25, 0.3) is 76.2 Å². The molecule has 7 aromatic carbocycles. The smallest absolute Gasteiger partial charge is 0.135 e. The molecule has 0 aliphatic rings. The van der Waals surface area contributed by atoms with Crippen molar-refractivity contribution in [2.45, 2.75) is 0 Å². The molecule has 1 aromatic heterocycles. The van der Waals surface area contributed by atoms with Gasteiger partial charge in [-0.2, -0.15) is 0 Å². The highest BCUT2D eigenvalue weighted by Crippen LogP contribution is 2.39. The lowest BCUT2D eigenvalue weighted by atomic mass is 9.91. The molecule has 0 atom stereocenters. The molecular formula is C34H19ClO. The van der Waals surface area contributed by atoms with Gasteiger partial charge in [0.2, 0.25) is 0 Å². The van der Waals surface area contributed by atoms with Crippen LogP contribution in [0.2, 0.25) is 5.02 Å². The Balaban J connectivity index is 1.39. The van der Waals surface area contributed by atoms with Gasteiger partial charge in [0, 0.05) is 15.8 Å². The summed E-state index contributed by atoms with van der Waals surface area (Å²) in [5.41, 5.74) is 4.08. The fourth-order valence-electron chi connectivity index (χ4n) is 5.76. The quantitative estimate of drug-likeness (QED) is 0.214. The first-order valence-corrected chi connectivity index (χ1v) is 12.5. The molecule has 0 saturated carbocycles. The Kier molecular flexibility index (Phi) is 4.06. The zero-order valence-electron chi connectivity index (χ0n) is 19.3. The number of fused-ring (bicyclic) bond motifs is 10. The molecule has 2 heteroatoms. The van der Waals surface area contributed by atoms with Gasteiger partial charge in [-0.05, 0) is 90.6 Å². The third-order valence-electron chi connectivity index (χ3n) is 7.47. The van der Waals surface area contributed by atoms with Crippen molar-refractivity contribution >= 4 is 76.6 Å². The van der Waals surface area contributed by atoms with Crippen LogP contribution in [0.3, 0.4) is 0 Å². The van der Waals surface area contributed by atoms with Gasteiger partial charge in [0.05, 0.1) is 0 Å². The summed E-state index contributed by atoms with van der Waals surface area (Å²) in [6, 6.07) is 41.1. The minimum Gasteiger partial charge on any atom is -0.456 e. The highest BCUT2D eigenvalue weighted by molar-refractivity contribution is 6.32. The molecule has 0 bridgehead atoms. The molecule has 0 N–H and O–H groups in total. The van der Waals surface area contributed by atoms with Gasteiger partial charge in [-0.25, -0.2) is 0 Å². The van der Waals surface area contributed by atoms with Gasteiger partial charge in [0.1, 0.15) is 11.2 Å². The molecule has 0 aliphatic carbocycles. The van der Waals surface area contributed by atoms with E-state index in [0.29, 0.717) is 5.02 Å². The van der Waals surface area contributed by atoms with Gasteiger partial charge in [0.25, 0.3) is 0 Å². The average Bonchev–Trinajstić information content (AvgIpc) is 3.29. The summed E-state index contributed by atoms with van der Waals surface area (Å²) < 4.78 is 6.03. The minimum absolute atomic E-state index is 0.716. The van der Waals surface area contributed by atoms with Crippen molar-refractivity contribution in [3.05, 3.63) is 120 Å². The molecule has 0 spiro atoms. The summed E-state index contributed by atoms with van der Waals surface area (Å²) in [5, 5.41) is 13.1. The maximum absolute atomic E-state index is 6.28. The van der Waals surface area contributed by atoms with Gasteiger partial charge < -0.3 is 4.42 Å². The Labute approximate surface area is 212 Å². The Morgan fingerprint density at radius 1 is 0.417 bits per heavy atom. The van der Waals surface area contributed by atoms with Gasteiger partial charge >= 0.3 is 0 Å². The lowest BCUT2D eigenvalue weighted by Crippen LogP contribution is -1.85. The second kappa shape index (κ2) is 7.34. The van der Waals surface area contributed by atoms with E-state index in [2.05, 4.69) is 97.1 Å². The van der Waals surface area contributed by atoms with E-state index in [-0.39, 0.29) is 0 Å². The number of benzene rings is 7. The highest BCUT2D eigenvalue weighted by atomic mass is 35.5. The monoisotopic (exact) mass is 478 g/mol. The van der Waals surface area contributed by atoms with Crippen LogP contribution in [0, 0.1) is 0 Å². The van der Waals surface area contributed by atoms with Crippen LogP contribution in [0.4, 0.5) is 0 Å². The molecule has 0 amide bonds. The first-order valence-electron chi connectivity index (χ1n) is 12.1. The first kappa shape index (κ1) is 19.9. The zero-order valence-corrected chi connectivity index (χ0v) is 20.0. The van der Waals surface area contributed by atoms with Crippen LogP contribution >= 0.6 is 11.6 Å². The van der Waals surface area contributed by atoms with E-state index in [4.69, 9.17) is 16.0 Å². The maximum atomic E-state index is 6.28. The molecule has 36 heavy (non-hydrogen) atoms. The number of hydrogen-bond donors (Lipinski definition) is 0. The fraction of sp³-hybridized carbons (Fsp3) is 0. The van der Waals surface area contributed by atoms with E-state index in [1.165, 1.54) is 48.7 Å². The predicted octanol–water partition coefficient (Wildman–Crippen LogP) is 10.5. The standard InChI is InChI=1S/C34H19ClO/c35-26-13-16-32-30(19-26)29-18-24(12-15-31(29)36-32)23-11-14-28-25(17-23)10-9-22-8-7-21-6-5-20-3-1-2-4-27(20)33(21)34(22)28/h1-19H. The van der Waals surface area contributed by atoms with Crippen molar-refractivity contribution in [2.24, 2.45) is 0 Å². The Hall–Kier alpha value is -4.33. The fourth-order valence-corrected chi connectivity index (χ4v) is 5.93. The van der Waals surface area contributed by atoms with E-state index in [0.717, 1.165) is 27.5 Å². The number of hydrogen-bond acceptors (Lipinski definition) is 1. The summed E-state index contributed by atoms with van der Waals surface area (Å²) in [7, 11) is 0. The molecule has 8 rings (SSSR count). The highest BCUT2D eigenvalue weighted by Gasteiger charge is 2.12. The average molecular weight is 479 g/mol. The van der Waals surface area contributed by atoms with Crippen molar-refractivity contribution in [3.8, 4) is 11.1 Å². The van der Waals surface area contributed by atoms with Gasteiger partial charge in [0.15, 0.2) is 0 Å². The van der Waals surface area contributed by atoms with Gasteiger partial charge in [-0.15, -0.1) is 0 Å². The second-order valence-electron chi connectivity index (χ2n) is 9.50. The van der Waals surface area contributed by atoms with Gasteiger partial charge in [-0.3, -0.25) is 0 Å². The molecule has 168 valence electrons. The maximum Gasteiger partial charge on any atom is 0.135 e. The Morgan fingerprint density at radius 3 is 1.81 bits per heavy atom. The van der Waals surface area contributed by atoms with Crippen LogP contribution in [0.5, 0.6) is 0 Å². The number of rotatable bonds is 1. The summed E-state index contributed by atoms with van der Waals surface area (Å²) in [4.78, 5) is 0. The third-order valence-corrected chi connectivity index (χ3v) is 7.71.